The molecular weight excluding hydrogens is 307 g/mol. The average molecular weight is 320 g/mol. The minimum Gasteiger partial charge on any atom is -0.481 e. The molecular formula is C11H13FN2O6S. The van der Waals surface area contributed by atoms with Gasteiger partial charge in [-0.3, -0.25) is 14.9 Å². The van der Waals surface area contributed by atoms with Gasteiger partial charge < -0.3 is 5.11 Å². The first-order valence-electron chi connectivity index (χ1n) is 5.64. The molecule has 8 nitrogen and oxygen atoms in total. The van der Waals surface area contributed by atoms with E-state index in [-0.39, 0.29) is 0 Å². The van der Waals surface area contributed by atoms with Crippen LogP contribution in [0.3, 0.4) is 0 Å². The Bertz CT molecular complexity index is 686. The Labute approximate surface area is 119 Å². The van der Waals surface area contributed by atoms with Gasteiger partial charge in [0.05, 0.1) is 15.2 Å². The smallest absolute Gasteiger partial charge is 0.310 e. The SMILES string of the molecule is CC(C)(CNS(=O)(=O)c1ccc([N+](=O)[O-])c(F)c1)C(=O)O. The Morgan fingerprint density at radius 1 is 1.48 bits per heavy atom. The number of nitro groups is 1. The number of benzene rings is 1. The number of aliphatic carboxylic acids is 1. The monoisotopic (exact) mass is 320 g/mol. The second kappa shape index (κ2) is 5.74. The van der Waals surface area contributed by atoms with Gasteiger partial charge >= 0.3 is 11.7 Å². The topological polar surface area (TPSA) is 127 Å². The zero-order valence-corrected chi connectivity index (χ0v) is 12.0. The van der Waals surface area contributed by atoms with Gasteiger partial charge in [-0.1, -0.05) is 0 Å². The molecule has 10 heteroatoms. The van der Waals surface area contributed by atoms with E-state index in [0.29, 0.717) is 6.07 Å². The van der Waals surface area contributed by atoms with Crippen molar-refractivity contribution in [3.8, 4) is 0 Å². The maximum absolute atomic E-state index is 13.4. The van der Waals surface area contributed by atoms with Gasteiger partial charge in [0, 0.05) is 18.7 Å². The van der Waals surface area contributed by atoms with Crippen LogP contribution in [0.25, 0.3) is 0 Å². The van der Waals surface area contributed by atoms with Gasteiger partial charge in [-0.25, -0.2) is 13.1 Å². The number of nitro benzene ring substituents is 1. The van der Waals surface area contributed by atoms with Gasteiger partial charge in [0.15, 0.2) is 0 Å². The van der Waals surface area contributed by atoms with E-state index in [4.69, 9.17) is 5.11 Å². The van der Waals surface area contributed by atoms with Crippen LogP contribution in [0.5, 0.6) is 0 Å². The molecule has 0 aromatic heterocycles. The first kappa shape index (κ1) is 17.0. The lowest BCUT2D eigenvalue weighted by Crippen LogP contribution is -2.38. The van der Waals surface area contributed by atoms with Crippen LogP contribution in [0.15, 0.2) is 23.1 Å². The summed E-state index contributed by atoms with van der Waals surface area (Å²) < 4.78 is 39.2. The Hall–Kier alpha value is -2.07. The van der Waals surface area contributed by atoms with Crippen molar-refractivity contribution < 1.29 is 27.6 Å². The van der Waals surface area contributed by atoms with E-state index in [1.807, 2.05) is 4.72 Å². The molecule has 1 rings (SSSR count). The molecule has 0 aliphatic heterocycles. The van der Waals surface area contributed by atoms with Gasteiger partial charge in [-0.05, 0) is 19.9 Å². The summed E-state index contributed by atoms with van der Waals surface area (Å²) in [5, 5.41) is 19.3. The predicted molar refractivity (Wildman–Crippen MR) is 69.7 cm³/mol. The minimum atomic E-state index is -4.17. The Morgan fingerprint density at radius 2 is 2.05 bits per heavy atom. The van der Waals surface area contributed by atoms with Crippen molar-refractivity contribution in [3.05, 3.63) is 34.1 Å². The Kier molecular flexibility index (Phi) is 4.64. The summed E-state index contributed by atoms with van der Waals surface area (Å²) in [6.07, 6.45) is 0. The number of nitrogens with one attached hydrogen (secondary N) is 1. The number of halogens is 1. The summed E-state index contributed by atoms with van der Waals surface area (Å²) in [6.45, 7) is 2.21. The molecule has 2 N–H and O–H groups in total. The fraction of sp³-hybridized carbons (Fsp3) is 0.364. The van der Waals surface area contributed by atoms with Crippen LogP contribution in [-0.2, 0) is 14.8 Å². The maximum atomic E-state index is 13.4. The van der Waals surface area contributed by atoms with Crippen molar-refractivity contribution in [3.63, 3.8) is 0 Å². The van der Waals surface area contributed by atoms with Crippen molar-refractivity contribution in [2.75, 3.05) is 6.54 Å². The summed E-state index contributed by atoms with van der Waals surface area (Å²) in [7, 11) is -4.17. The van der Waals surface area contributed by atoms with Crippen LogP contribution < -0.4 is 4.72 Å². The zero-order valence-electron chi connectivity index (χ0n) is 11.2. The van der Waals surface area contributed by atoms with Crippen LogP contribution in [-0.4, -0.2) is 31.0 Å². The van der Waals surface area contributed by atoms with Crippen molar-refractivity contribution in [2.24, 2.45) is 5.41 Å². The summed E-state index contributed by atoms with van der Waals surface area (Å²) in [6, 6.07) is 2.11. The van der Waals surface area contributed by atoms with Crippen molar-refractivity contribution in [1.29, 1.82) is 0 Å². The van der Waals surface area contributed by atoms with Gasteiger partial charge in [0.25, 0.3) is 0 Å². The average Bonchev–Trinajstić information content (AvgIpc) is 2.36. The largest absolute Gasteiger partial charge is 0.481 e. The summed E-state index contributed by atoms with van der Waals surface area (Å²) in [5.74, 6) is -2.50. The third-order valence-electron chi connectivity index (χ3n) is 2.71. The molecule has 0 radical (unpaired) electrons. The molecule has 0 aliphatic carbocycles. The van der Waals surface area contributed by atoms with Gasteiger partial charge in [0.1, 0.15) is 0 Å². The zero-order chi connectivity index (χ0) is 16.4. The van der Waals surface area contributed by atoms with E-state index in [0.717, 1.165) is 12.1 Å². The third kappa shape index (κ3) is 3.95. The maximum Gasteiger partial charge on any atom is 0.310 e. The highest BCUT2D eigenvalue weighted by molar-refractivity contribution is 7.89. The van der Waals surface area contributed by atoms with Gasteiger partial charge in [-0.2, -0.15) is 4.39 Å². The predicted octanol–water partition coefficient (Wildman–Crippen LogP) is 1.12. The molecule has 21 heavy (non-hydrogen) atoms. The number of carbonyl (C=O) groups is 1. The molecule has 0 atom stereocenters. The normalized spacial score (nSPS) is 12.1. The molecule has 0 aliphatic rings. The van der Waals surface area contributed by atoms with E-state index in [2.05, 4.69) is 0 Å². The lowest BCUT2D eigenvalue weighted by atomic mass is 9.95. The quantitative estimate of drug-likeness (QED) is 0.597. The van der Waals surface area contributed by atoms with Crippen LogP contribution >= 0.6 is 0 Å². The van der Waals surface area contributed by atoms with Crippen molar-refractivity contribution in [2.45, 2.75) is 18.7 Å². The van der Waals surface area contributed by atoms with E-state index in [1.54, 1.807) is 0 Å². The third-order valence-corrected chi connectivity index (χ3v) is 4.11. The van der Waals surface area contributed by atoms with Crippen LogP contribution in [0.4, 0.5) is 10.1 Å². The molecule has 0 saturated carbocycles. The molecule has 0 heterocycles. The summed E-state index contributed by atoms with van der Waals surface area (Å²) >= 11 is 0. The highest BCUT2D eigenvalue weighted by Gasteiger charge is 2.30. The van der Waals surface area contributed by atoms with E-state index in [1.165, 1.54) is 13.8 Å². The van der Waals surface area contributed by atoms with Gasteiger partial charge in [0.2, 0.25) is 15.8 Å². The molecule has 0 unspecified atom stereocenters. The van der Waals surface area contributed by atoms with E-state index in [9.17, 15) is 27.7 Å². The van der Waals surface area contributed by atoms with Crippen LogP contribution in [0, 0.1) is 21.3 Å². The molecule has 0 spiro atoms. The van der Waals surface area contributed by atoms with E-state index < -0.39 is 49.3 Å². The number of rotatable bonds is 6. The van der Waals surface area contributed by atoms with Crippen molar-refractivity contribution >= 4 is 21.7 Å². The molecule has 0 saturated heterocycles. The highest BCUT2D eigenvalue weighted by atomic mass is 32.2. The highest BCUT2D eigenvalue weighted by Crippen LogP contribution is 2.21. The second-order valence-electron chi connectivity index (χ2n) is 4.88. The lowest BCUT2D eigenvalue weighted by Gasteiger charge is -2.19. The fourth-order valence-electron chi connectivity index (χ4n) is 1.24. The first-order valence-corrected chi connectivity index (χ1v) is 7.13. The first-order chi connectivity index (χ1) is 9.47. The lowest BCUT2D eigenvalue weighted by molar-refractivity contribution is -0.387. The van der Waals surface area contributed by atoms with Crippen molar-refractivity contribution in [1.82, 2.24) is 4.72 Å². The molecule has 1 aromatic rings. The number of hydrogen-bond donors (Lipinski definition) is 2. The number of nitrogens with zero attached hydrogens (tertiary/aromatic N) is 1. The number of hydrogen-bond acceptors (Lipinski definition) is 5. The molecule has 1 aromatic carbocycles. The Morgan fingerprint density at radius 3 is 2.48 bits per heavy atom. The molecule has 0 amide bonds. The molecule has 0 fully saturated rings. The number of sulfonamides is 1. The fourth-order valence-corrected chi connectivity index (χ4v) is 2.46. The van der Waals surface area contributed by atoms with E-state index >= 15 is 0 Å². The van der Waals surface area contributed by atoms with Crippen LogP contribution in [0.1, 0.15) is 13.8 Å². The second-order valence-corrected chi connectivity index (χ2v) is 6.65. The molecule has 0 bridgehead atoms. The van der Waals surface area contributed by atoms with Crippen LogP contribution in [0.2, 0.25) is 0 Å². The minimum absolute atomic E-state index is 0.413. The number of carboxylic acid groups (broad SMARTS) is 1. The summed E-state index contributed by atoms with van der Waals surface area (Å²) in [4.78, 5) is 19.8. The van der Waals surface area contributed by atoms with Gasteiger partial charge in [-0.15, -0.1) is 0 Å². The Balaban J connectivity index is 3.02. The standard InChI is InChI=1S/C11H13FN2O6S/c1-11(2,10(15)16)6-13-21(19,20)7-3-4-9(14(17)18)8(12)5-7/h3-5,13H,6H2,1-2H3,(H,15,16). The summed E-state index contributed by atoms with van der Waals surface area (Å²) in [5.41, 5.74) is -2.20. The number of carboxylic acids is 1. The molecule has 116 valence electrons.